The van der Waals surface area contributed by atoms with Crippen molar-refractivity contribution in [2.24, 2.45) is 0 Å². The molecule has 0 saturated carbocycles. The molecule has 4 heterocycles. The minimum Gasteiger partial charge on any atom is -0.394 e. The lowest BCUT2D eigenvalue weighted by atomic mass is 10.1. The number of nitrogens with zero attached hydrogens (tertiary/aromatic N) is 6. The van der Waals surface area contributed by atoms with E-state index in [1.165, 1.54) is 19.3 Å². The predicted molar refractivity (Wildman–Crippen MR) is 210 cm³/mol. The molecule has 1 atom stereocenters. The molecule has 0 bridgehead atoms. The molecule has 0 unspecified atom stereocenters. The molecule has 6 aromatic rings. The van der Waals surface area contributed by atoms with Crippen molar-refractivity contribution in [1.29, 1.82) is 0 Å². The third-order valence-corrected chi connectivity index (χ3v) is 9.92. The lowest BCUT2D eigenvalue weighted by molar-refractivity contribution is -0.0221. The first-order chi connectivity index (χ1) is 25.8. The summed E-state index contributed by atoms with van der Waals surface area (Å²) in [5, 5.41) is 19.1. The van der Waals surface area contributed by atoms with Crippen LogP contribution < -0.4 is 20.4 Å². The number of fused-ring (bicyclic) bond motifs is 2. The number of aliphatic hydroxyl groups is 1. The minimum absolute atomic E-state index is 0.00138. The van der Waals surface area contributed by atoms with Gasteiger partial charge in [-0.2, -0.15) is 9.97 Å². The van der Waals surface area contributed by atoms with Gasteiger partial charge < -0.3 is 25.5 Å². The van der Waals surface area contributed by atoms with Crippen LogP contribution in [0.1, 0.15) is 49.3 Å². The first-order valence-corrected chi connectivity index (χ1v) is 18.5. The summed E-state index contributed by atoms with van der Waals surface area (Å²) in [7, 11) is 0. The van der Waals surface area contributed by atoms with Crippen LogP contribution in [0.5, 0.6) is 0 Å². The fraction of sp³-hybridized carbons (Fsp3) is 0.317. The van der Waals surface area contributed by atoms with Crippen LogP contribution in [0.3, 0.4) is 0 Å². The zero-order chi connectivity index (χ0) is 36.6. The standard InChI is InChI=1S/C21H24N4O.C20H19ClF2N4/c26-15-19(16-9-3-1-4-10-16)22-20-17-11-5-6-12-18(17)23-21(24-20)25-13-7-2-8-14-25;21-15-7-5-14(6-8-15)13-24-19-25-17-4-2-1-3-16(17)18(26-19)27-11-9-20(22,23)10-12-27/h1,3-6,9-12,19,26H,2,7-8,13-15H2,(H,22,23,24);1-8H,9-13H2,(H,24,25,26)/t19-;/m0./s1. The third-order valence-electron chi connectivity index (χ3n) is 9.67. The Morgan fingerprint density at radius 3 is 2.04 bits per heavy atom. The van der Waals surface area contributed by atoms with Gasteiger partial charge >= 0.3 is 0 Å². The number of nitrogens with one attached hydrogen (secondary N) is 2. The van der Waals surface area contributed by atoms with Crippen molar-refractivity contribution in [3.8, 4) is 0 Å². The fourth-order valence-corrected chi connectivity index (χ4v) is 6.83. The number of piperidine rings is 2. The van der Waals surface area contributed by atoms with E-state index >= 15 is 0 Å². The van der Waals surface area contributed by atoms with Crippen LogP contribution in [0, 0.1) is 0 Å². The average molecular weight is 737 g/mol. The number of rotatable bonds is 9. The Morgan fingerprint density at radius 1 is 0.698 bits per heavy atom. The smallest absolute Gasteiger partial charge is 0.251 e. The van der Waals surface area contributed by atoms with Gasteiger partial charge in [0.1, 0.15) is 11.6 Å². The molecule has 53 heavy (non-hydrogen) atoms. The van der Waals surface area contributed by atoms with Crippen molar-refractivity contribution in [2.75, 3.05) is 53.2 Å². The van der Waals surface area contributed by atoms with E-state index < -0.39 is 5.92 Å². The summed E-state index contributed by atoms with van der Waals surface area (Å²) in [6.45, 7) is 3.11. The van der Waals surface area contributed by atoms with Crippen LogP contribution in [0.4, 0.5) is 32.3 Å². The second kappa shape index (κ2) is 16.7. The van der Waals surface area contributed by atoms with Crippen LogP contribution >= 0.6 is 11.6 Å². The van der Waals surface area contributed by atoms with Gasteiger partial charge in [-0.25, -0.2) is 18.7 Å². The zero-order valence-corrected chi connectivity index (χ0v) is 30.2. The Hall–Kier alpha value is -5.13. The Bertz CT molecular complexity index is 2110. The van der Waals surface area contributed by atoms with Gasteiger partial charge in [0.15, 0.2) is 0 Å². The number of benzene rings is 4. The van der Waals surface area contributed by atoms with E-state index in [9.17, 15) is 13.9 Å². The molecular formula is C41H43ClF2N8O. The van der Waals surface area contributed by atoms with Crippen molar-refractivity contribution < 1.29 is 13.9 Å². The van der Waals surface area contributed by atoms with Crippen molar-refractivity contribution in [2.45, 2.75) is 50.6 Å². The summed E-state index contributed by atoms with van der Waals surface area (Å²) < 4.78 is 27.1. The molecule has 0 radical (unpaired) electrons. The molecule has 3 N–H and O–H groups in total. The van der Waals surface area contributed by atoms with Gasteiger partial charge in [-0.05, 0) is 66.8 Å². The maximum atomic E-state index is 13.5. The Kier molecular flexibility index (Phi) is 11.4. The summed E-state index contributed by atoms with van der Waals surface area (Å²) in [6, 6.07) is 33.0. The molecule has 0 amide bonds. The average Bonchev–Trinajstić information content (AvgIpc) is 3.20. The summed E-state index contributed by atoms with van der Waals surface area (Å²) in [4.78, 5) is 23.0. The molecule has 2 aromatic heterocycles. The summed E-state index contributed by atoms with van der Waals surface area (Å²) in [5.74, 6) is 0.148. The van der Waals surface area contributed by atoms with E-state index in [-0.39, 0.29) is 38.6 Å². The maximum Gasteiger partial charge on any atom is 0.251 e. The van der Waals surface area contributed by atoms with Crippen molar-refractivity contribution in [3.05, 3.63) is 119 Å². The van der Waals surface area contributed by atoms with Crippen molar-refractivity contribution in [1.82, 2.24) is 19.9 Å². The number of hydrogen-bond donors (Lipinski definition) is 3. The number of aliphatic hydroxyl groups excluding tert-OH is 1. The largest absolute Gasteiger partial charge is 0.394 e. The first kappa shape index (κ1) is 36.2. The molecule has 2 saturated heterocycles. The highest BCUT2D eigenvalue weighted by Gasteiger charge is 2.35. The van der Waals surface area contributed by atoms with Gasteiger partial charge in [0, 0.05) is 61.4 Å². The lowest BCUT2D eigenvalue weighted by Crippen LogP contribution is -2.40. The highest BCUT2D eigenvalue weighted by molar-refractivity contribution is 6.30. The van der Waals surface area contributed by atoms with Gasteiger partial charge in [-0.15, -0.1) is 0 Å². The van der Waals surface area contributed by atoms with E-state index in [2.05, 4.69) is 25.5 Å². The number of anilines is 4. The lowest BCUT2D eigenvalue weighted by Gasteiger charge is -2.33. The van der Waals surface area contributed by atoms with Crippen molar-refractivity contribution >= 4 is 56.9 Å². The Balaban J connectivity index is 0.000000164. The van der Waals surface area contributed by atoms with Crippen LogP contribution in [0.2, 0.25) is 5.02 Å². The Morgan fingerprint density at radius 2 is 1.34 bits per heavy atom. The summed E-state index contributed by atoms with van der Waals surface area (Å²) in [6.07, 6.45) is 3.33. The number of halogens is 3. The molecular weight excluding hydrogens is 694 g/mol. The molecule has 8 rings (SSSR count). The topological polar surface area (TPSA) is 102 Å². The summed E-state index contributed by atoms with van der Waals surface area (Å²) >= 11 is 5.92. The third kappa shape index (κ3) is 9.09. The molecule has 0 spiro atoms. The van der Waals surface area contributed by atoms with E-state index in [1.54, 1.807) is 0 Å². The molecule has 274 valence electrons. The number of alkyl halides is 2. The number of para-hydroxylation sites is 2. The van der Waals surface area contributed by atoms with E-state index in [1.807, 2.05) is 108 Å². The monoisotopic (exact) mass is 736 g/mol. The van der Waals surface area contributed by atoms with Gasteiger partial charge in [-0.1, -0.05) is 78.3 Å². The summed E-state index contributed by atoms with van der Waals surface area (Å²) in [5.41, 5.74) is 3.81. The SMILES string of the molecule is FC1(F)CCN(c2nc(NCc3ccc(Cl)cc3)nc3ccccc23)CC1.OC[C@H](Nc1nc(N2CCCCC2)nc2ccccc12)c1ccccc1. The molecule has 2 aliphatic rings. The zero-order valence-electron chi connectivity index (χ0n) is 29.4. The van der Waals surface area contributed by atoms with Crippen molar-refractivity contribution in [3.63, 3.8) is 0 Å². The van der Waals surface area contributed by atoms with Gasteiger partial charge in [-0.3, -0.25) is 0 Å². The highest BCUT2D eigenvalue weighted by Crippen LogP contribution is 2.33. The van der Waals surface area contributed by atoms with E-state index in [0.717, 1.165) is 57.8 Å². The van der Waals surface area contributed by atoms with E-state index in [4.69, 9.17) is 21.6 Å². The predicted octanol–water partition coefficient (Wildman–Crippen LogP) is 8.90. The van der Waals surface area contributed by atoms with Crippen LogP contribution in [-0.2, 0) is 6.54 Å². The molecule has 2 aliphatic heterocycles. The van der Waals surface area contributed by atoms with Gasteiger partial charge in [0.25, 0.3) is 5.92 Å². The van der Waals surface area contributed by atoms with Crippen LogP contribution in [0.25, 0.3) is 21.8 Å². The first-order valence-electron chi connectivity index (χ1n) is 18.2. The molecule has 2 fully saturated rings. The van der Waals surface area contributed by atoms with Gasteiger partial charge in [0.05, 0.1) is 23.7 Å². The number of hydrogen-bond acceptors (Lipinski definition) is 9. The normalized spacial score (nSPS) is 16.2. The second-order valence-electron chi connectivity index (χ2n) is 13.4. The quantitative estimate of drug-likeness (QED) is 0.134. The molecule has 9 nitrogen and oxygen atoms in total. The van der Waals surface area contributed by atoms with E-state index in [0.29, 0.717) is 23.3 Å². The maximum absolute atomic E-state index is 13.5. The Labute approximate surface area is 313 Å². The molecule has 12 heteroatoms. The highest BCUT2D eigenvalue weighted by atomic mass is 35.5. The fourth-order valence-electron chi connectivity index (χ4n) is 6.70. The molecule has 0 aliphatic carbocycles. The van der Waals surface area contributed by atoms with Crippen LogP contribution in [0.15, 0.2) is 103 Å². The van der Waals surface area contributed by atoms with Crippen LogP contribution in [-0.4, -0.2) is 63.8 Å². The van der Waals surface area contributed by atoms with Gasteiger partial charge in [0.2, 0.25) is 11.9 Å². The molecule has 4 aromatic carbocycles. The number of aromatic nitrogens is 4. The minimum atomic E-state index is -2.59. The second-order valence-corrected chi connectivity index (χ2v) is 13.9.